The number of rotatable bonds is 7. The molecule has 3 fully saturated rings. The number of phenolic OH excluding ortho intramolecular Hbond substituents is 1. The molecule has 1 amide bonds. The number of piperidine rings is 1. The topological polar surface area (TPSA) is 65.0 Å². The number of carbonyl (C=O) groups excluding carboxylic acids is 1. The Morgan fingerprint density at radius 1 is 1.03 bits per heavy atom. The monoisotopic (exact) mass is 505 g/mol. The fourth-order valence-corrected chi connectivity index (χ4v) is 7.38. The van der Waals surface area contributed by atoms with Crippen molar-refractivity contribution in [2.45, 2.75) is 88.9 Å². The van der Waals surface area contributed by atoms with Gasteiger partial charge in [0.05, 0.1) is 12.6 Å². The van der Waals surface area contributed by atoms with Crippen LogP contribution in [0.4, 0.5) is 0 Å². The molecule has 2 N–H and O–H groups in total. The first kappa shape index (κ1) is 26.1. The second-order valence-electron chi connectivity index (χ2n) is 11.5. The molecule has 4 unspecified atom stereocenters. The van der Waals surface area contributed by atoms with Gasteiger partial charge < -0.3 is 20.1 Å². The zero-order valence-electron chi connectivity index (χ0n) is 22.7. The number of carbonyl (C=O) groups is 1. The third-order valence-electron chi connectivity index (χ3n) is 8.70. The number of phenols is 1. The number of amides is 1. The lowest BCUT2D eigenvalue weighted by Gasteiger charge is -2.54. The molecule has 1 aliphatic carbocycles. The summed E-state index contributed by atoms with van der Waals surface area (Å²) in [5.74, 6) is 0.886. The summed E-state index contributed by atoms with van der Waals surface area (Å²) in [6.45, 7) is 9.69. The van der Waals surface area contributed by atoms with Crippen LogP contribution in [0.15, 0.2) is 48.5 Å². The predicted molar refractivity (Wildman–Crippen MR) is 147 cm³/mol. The van der Waals surface area contributed by atoms with Crippen LogP contribution in [0.25, 0.3) is 0 Å². The van der Waals surface area contributed by atoms with E-state index in [9.17, 15) is 9.90 Å². The Labute approximate surface area is 222 Å². The van der Waals surface area contributed by atoms with Gasteiger partial charge in [0.2, 0.25) is 5.91 Å². The lowest BCUT2D eigenvalue weighted by Crippen LogP contribution is -2.62. The SMILES string of the molecule is CCOc1cccc(C2N(C3CCCC3)C(=O)CCC2(CN2CC(C)NC(C)C2)c2ccccc2)c1O. The van der Waals surface area contributed by atoms with Crippen molar-refractivity contribution in [1.29, 1.82) is 0 Å². The summed E-state index contributed by atoms with van der Waals surface area (Å²) in [5.41, 5.74) is 1.71. The number of benzene rings is 2. The minimum atomic E-state index is -0.350. The van der Waals surface area contributed by atoms with Crippen LogP contribution in [0, 0.1) is 0 Å². The van der Waals surface area contributed by atoms with E-state index in [0.717, 1.165) is 57.3 Å². The molecule has 1 saturated carbocycles. The van der Waals surface area contributed by atoms with Crippen LogP contribution in [-0.2, 0) is 10.2 Å². The first-order chi connectivity index (χ1) is 17.9. The van der Waals surface area contributed by atoms with E-state index in [0.29, 0.717) is 30.9 Å². The number of ether oxygens (including phenoxy) is 1. The summed E-state index contributed by atoms with van der Waals surface area (Å²) in [6, 6.07) is 17.3. The highest BCUT2D eigenvalue weighted by molar-refractivity contribution is 5.79. The number of nitrogens with zero attached hydrogens (tertiary/aromatic N) is 2. The number of likely N-dealkylation sites (tertiary alicyclic amines) is 1. The van der Waals surface area contributed by atoms with Gasteiger partial charge >= 0.3 is 0 Å². The Hall–Kier alpha value is -2.57. The predicted octanol–water partition coefficient (Wildman–Crippen LogP) is 5.02. The molecule has 6 nitrogen and oxygen atoms in total. The normalized spacial score (nSPS) is 29.5. The average Bonchev–Trinajstić information content (AvgIpc) is 3.41. The van der Waals surface area contributed by atoms with Crippen molar-refractivity contribution in [2.75, 3.05) is 26.2 Å². The maximum absolute atomic E-state index is 13.8. The van der Waals surface area contributed by atoms with Crippen LogP contribution in [0.1, 0.15) is 76.5 Å². The maximum atomic E-state index is 13.8. The third-order valence-corrected chi connectivity index (χ3v) is 8.70. The standard InChI is InChI=1S/C31H43N3O3/c1-4-37-27-16-10-15-26(29(27)36)30-31(24-11-6-5-7-12-24,21-33-19-22(2)32-23(3)20-33)18-17-28(35)34(30)25-13-8-9-14-25/h5-7,10-12,15-16,22-23,25,30,32,36H,4,8-9,13-14,17-21H2,1-3H3. The van der Waals surface area contributed by atoms with Crippen molar-refractivity contribution < 1.29 is 14.6 Å². The highest BCUT2D eigenvalue weighted by Crippen LogP contribution is 2.54. The molecule has 4 atom stereocenters. The van der Waals surface area contributed by atoms with E-state index in [1.54, 1.807) is 0 Å². The Balaban J connectivity index is 1.69. The molecule has 37 heavy (non-hydrogen) atoms. The first-order valence-electron chi connectivity index (χ1n) is 14.2. The summed E-state index contributed by atoms with van der Waals surface area (Å²) >= 11 is 0. The zero-order valence-corrected chi connectivity index (χ0v) is 22.7. The van der Waals surface area contributed by atoms with Crippen LogP contribution in [-0.4, -0.2) is 65.2 Å². The Morgan fingerprint density at radius 3 is 2.41 bits per heavy atom. The molecule has 2 aromatic rings. The Kier molecular flexibility index (Phi) is 7.77. The number of aromatic hydroxyl groups is 1. The maximum Gasteiger partial charge on any atom is 0.223 e. The van der Waals surface area contributed by atoms with E-state index in [1.165, 1.54) is 5.56 Å². The van der Waals surface area contributed by atoms with Gasteiger partial charge in [0, 0.05) is 55.2 Å². The molecule has 3 aliphatic rings. The smallest absolute Gasteiger partial charge is 0.223 e. The molecule has 200 valence electrons. The van der Waals surface area contributed by atoms with Gasteiger partial charge in [-0.3, -0.25) is 9.69 Å². The highest BCUT2D eigenvalue weighted by atomic mass is 16.5. The summed E-state index contributed by atoms with van der Waals surface area (Å²) < 4.78 is 5.84. The molecule has 0 bridgehead atoms. The van der Waals surface area contributed by atoms with Crippen LogP contribution in [0.2, 0.25) is 0 Å². The van der Waals surface area contributed by atoms with Crippen molar-refractivity contribution in [3.8, 4) is 11.5 Å². The molecule has 0 spiro atoms. The second kappa shape index (κ2) is 11.0. The highest BCUT2D eigenvalue weighted by Gasteiger charge is 2.53. The lowest BCUT2D eigenvalue weighted by molar-refractivity contribution is -0.145. The Morgan fingerprint density at radius 2 is 1.73 bits per heavy atom. The van der Waals surface area contributed by atoms with Crippen molar-refractivity contribution in [1.82, 2.24) is 15.1 Å². The molecule has 5 rings (SSSR count). The Bertz CT molecular complexity index is 1060. The van der Waals surface area contributed by atoms with Gasteiger partial charge in [-0.05, 0) is 51.7 Å². The van der Waals surface area contributed by atoms with Gasteiger partial charge in [-0.1, -0.05) is 55.3 Å². The van der Waals surface area contributed by atoms with E-state index in [2.05, 4.69) is 59.3 Å². The van der Waals surface area contributed by atoms with Gasteiger partial charge in [-0.25, -0.2) is 0 Å². The van der Waals surface area contributed by atoms with Crippen LogP contribution in [0.3, 0.4) is 0 Å². The summed E-state index contributed by atoms with van der Waals surface area (Å²) in [4.78, 5) is 18.6. The van der Waals surface area contributed by atoms with Gasteiger partial charge in [0.1, 0.15) is 0 Å². The van der Waals surface area contributed by atoms with Crippen molar-refractivity contribution in [2.24, 2.45) is 0 Å². The van der Waals surface area contributed by atoms with E-state index < -0.39 is 0 Å². The van der Waals surface area contributed by atoms with E-state index in [-0.39, 0.29) is 29.2 Å². The van der Waals surface area contributed by atoms with Gasteiger partial charge in [-0.2, -0.15) is 0 Å². The largest absolute Gasteiger partial charge is 0.504 e. The van der Waals surface area contributed by atoms with Crippen molar-refractivity contribution in [3.63, 3.8) is 0 Å². The number of hydrogen-bond acceptors (Lipinski definition) is 5. The fourth-order valence-electron chi connectivity index (χ4n) is 7.38. The fraction of sp³-hybridized carbons (Fsp3) is 0.581. The van der Waals surface area contributed by atoms with Crippen molar-refractivity contribution in [3.05, 3.63) is 59.7 Å². The molecular formula is C31H43N3O3. The third kappa shape index (κ3) is 5.10. The molecule has 0 radical (unpaired) electrons. The minimum absolute atomic E-state index is 0.175. The minimum Gasteiger partial charge on any atom is -0.504 e. The zero-order chi connectivity index (χ0) is 26.0. The molecule has 2 aromatic carbocycles. The second-order valence-corrected chi connectivity index (χ2v) is 11.5. The summed E-state index contributed by atoms with van der Waals surface area (Å²) in [5, 5.41) is 15.3. The van der Waals surface area contributed by atoms with Gasteiger partial charge in [0.25, 0.3) is 0 Å². The number of piperazine rings is 1. The molecule has 2 heterocycles. The number of nitrogens with one attached hydrogen (secondary N) is 1. The first-order valence-corrected chi connectivity index (χ1v) is 14.2. The summed E-state index contributed by atoms with van der Waals surface area (Å²) in [6.07, 6.45) is 5.65. The number of para-hydroxylation sites is 1. The quantitative estimate of drug-likeness (QED) is 0.553. The number of hydrogen-bond donors (Lipinski definition) is 2. The van der Waals surface area contributed by atoms with Crippen LogP contribution >= 0.6 is 0 Å². The van der Waals surface area contributed by atoms with E-state index in [4.69, 9.17) is 4.74 Å². The molecule has 2 aliphatic heterocycles. The molecular weight excluding hydrogens is 462 g/mol. The van der Waals surface area contributed by atoms with Crippen LogP contribution < -0.4 is 10.1 Å². The van der Waals surface area contributed by atoms with Gasteiger partial charge in [0.15, 0.2) is 11.5 Å². The van der Waals surface area contributed by atoms with E-state index >= 15 is 0 Å². The van der Waals surface area contributed by atoms with Crippen LogP contribution in [0.5, 0.6) is 11.5 Å². The molecule has 6 heteroatoms. The summed E-state index contributed by atoms with van der Waals surface area (Å²) in [7, 11) is 0. The average molecular weight is 506 g/mol. The lowest BCUT2D eigenvalue weighted by atomic mass is 9.64. The molecule has 0 aromatic heterocycles. The van der Waals surface area contributed by atoms with E-state index in [1.807, 2.05) is 25.1 Å². The molecule has 2 saturated heterocycles. The van der Waals surface area contributed by atoms with Crippen molar-refractivity contribution >= 4 is 5.91 Å². The van der Waals surface area contributed by atoms with Gasteiger partial charge in [-0.15, -0.1) is 0 Å².